The molecular weight excluding hydrogens is 350 g/mol. The first-order valence-electron chi connectivity index (χ1n) is 8.00. The first kappa shape index (κ1) is 20.7. The number of halogens is 1. The van der Waals surface area contributed by atoms with Crippen molar-refractivity contribution in [2.45, 2.75) is 19.8 Å². The maximum absolute atomic E-state index is 12.7. The van der Waals surface area contributed by atoms with Gasteiger partial charge in [-0.05, 0) is 51.4 Å². The van der Waals surface area contributed by atoms with Crippen LogP contribution in [0.15, 0.2) is 24.3 Å². The standard InChI is InChI=1S/C16H25N3O3S.ClH/c1-3-23(21,22)18-15-7-5-4-6-14(15)16(20)19-10-8-13(9-11-19)12-17-2;/h4-7,13,17-18H,3,8-12H2,1-2H3;1H. The molecule has 1 heterocycles. The van der Waals surface area contributed by atoms with Gasteiger partial charge in [0, 0.05) is 13.1 Å². The minimum atomic E-state index is -3.40. The smallest absolute Gasteiger partial charge is 0.255 e. The van der Waals surface area contributed by atoms with Gasteiger partial charge in [0.2, 0.25) is 10.0 Å². The first-order valence-corrected chi connectivity index (χ1v) is 9.65. The van der Waals surface area contributed by atoms with E-state index in [1.807, 2.05) is 11.9 Å². The molecule has 0 unspecified atom stereocenters. The van der Waals surface area contributed by atoms with Crippen molar-refractivity contribution in [1.82, 2.24) is 10.2 Å². The van der Waals surface area contributed by atoms with Gasteiger partial charge in [0.05, 0.1) is 17.0 Å². The molecule has 2 rings (SSSR count). The number of nitrogens with zero attached hydrogens (tertiary/aromatic N) is 1. The van der Waals surface area contributed by atoms with E-state index < -0.39 is 10.0 Å². The molecule has 0 saturated carbocycles. The Hall–Kier alpha value is -1.31. The van der Waals surface area contributed by atoms with Gasteiger partial charge in [0.15, 0.2) is 0 Å². The fraction of sp³-hybridized carbons (Fsp3) is 0.562. The van der Waals surface area contributed by atoms with Crippen molar-refractivity contribution >= 4 is 34.0 Å². The SMILES string of the molecule is CCS(=O)(=O)Nc1ccccc1C(=O)N1CCC(CNC)CC1.Cl. The van der Waals surface area contributed by atoms with Gasteiger partial charge in [-0.15, -0.1) is 12.4 Å². The van der Waals surface area contributed by atoms with Crippen molar-refractivity contribution in [3.63, 3.8) is 0 Å². The fourth-order valence-corrected chi connectivity index (χ4v) is 3.45. The largest absolute Gasteiger partial charge is 0.339 e. The Bertz CT molecular complexity index is 644. The molecule has 2 N–H and O–H groups in total. The van der Waals surface area contributed by atoms with Gasteiger partial charge < -0.3 is 10.2 Å². The van der Waals surface area contributed by atoms with E-state index in [1.165, 1.54) is 0 Å². The third kappa shape index (κ3) is 5.36. The predicted octanol–water partition coefficient (Wildman–Crippen LogP) is 1.94. The number of nitrogens with one attached hydrogen (secondary N) is 2. The number of carbonyl (C=O) groups is 1. The Kier molecular flexibility index (Phi) is 7.99. The zero-order chi connectivity index (χ0) is 16.9. The van der Waals surface area contributed by atoms with Crippen LogP contribution in [-0.4, -0.2) is 51.7 Å². The van der Waals surface area contributed by atoms with Crippen molar-refractivity contribution in [2.24, 2.45) is 5.92 Å². The van der Waals surface area contributed by atoms with Crippen LogP contribution in [0.4, 0.5) is 5.69 Å². The minimum absolute atomic E-state index is 0. The van der Waals surface area contributed by atoms with Crippen LogP contribution >= 0.6 is 12.4 Å². The van der Waals surface area contributed by atoms with E-state index in [0.29, 0.717) is 30.3 Å². The third-order valence-electron chi connectivity index (χ3n) is 4.20. The highest BCUT2D eigenvalue weighted by Crippen LogP contribution is 2.23. The van der Waals surface area contributed by atoms with Crippen molar-refractivity contribution < 1.29 is 13.2 Å². The molecule has 0 atom stereocenters. The van der Waals surface area contributed by atoms with E-state index in [1.54, 1.807) is 31.2 Å². The van der Waals surface area contributed by atoms with Crippen molar-refractivity contribution in [3.8, 4) is 0 Å². The summed E-state index contributed by atoms with van der Waals surface area (Å²) in [5.41, 5.74) is 0.772. The second kappa shape index (κ2) is 9.25. The highest BCUT2D eigenvalue weighted by molar-refractivity contribution is 7.92. The number of amides is 1. The zero-order valence-corrected chi connectivity index (χ0v) is 15.8. The Balaban J connectivity index is 0.00000288. The average molecular weight is 376 g/mol. The topological polar surface area (TPSA) is 78.5 Å². The molecular formula is C16H26ClN3O3S. The van der Waals surface area contributed by atoms with E-state index in [4.69, 9.17) is 0 Å². The summed E-state index contributed by atoms with van der Waals surface area (Å²) < 4.78 is 26.1. The molecule has 1 amide bonds. The molecule has 24 heavy (non-hydrogen) atoms. The van der Waals surface area contributed by atoms with Crippen molar-refractivity contribution in [1.29, 1.82) is 0 Å². The summed E-state index contributed by atoms with van der Waals surface area (Å²) in [4.78, 5) is 14.5. The first-order chi connectivity index (χ1) is 11.0. The molecule has 1 aromatic rings. The third-order valence-corrected chi connectivity index (χ3v) is 5.49. The molecule has 6 nitrogen and oxygen atoms in total. The van der Waals surface area contributed by atoms with E-state index >= 15 is 0 Å². The van der Waals surface area contributed by atoms with Crippen molar-refractivity contribution in [3.05, 3.63) is 29.8 Å². The van der Waals surface area contributed by atoms with Crippen LogP contribution in [0.2, 0.25) is 0 Å². The van der Waals surface area contributed by atoms with Crippen LogP contribution in [0.3, 0.4) is 0 Å². The quantitative estimate of drug-likeness (QED) is 0.796. The summed E-state index contributed by atoms with van der Waals surface area (Å²) in [6.45, 7) is 3.95. The van der Waals surface area contributed by atoms with Gasteiger partial charge in [-0.3, -0.25) is 9.52 Å². The zero-order valence-electron chi connectivity index (χ0n) is 14.1. The summed E-state index contributed by atoms with van der Waals surface area (Å²) in [6, 6.07) is 6.79. The number of anilines is 1. The summed E-state index contributed by atoms with van der Waals surface area (Å²) in [5.74, 6) is 0.463. The van der Waals surface area contributed by atoms with Crippen LogP contribution in [0.1, 0.15) is 30.1 Å². The van der Waals surface area contributed by atoms with Crippen LogP contribution in [0, 0.1) is 5.92 Å². The molecule has 1 aliphatic heterocycles. The van der Waals surface area contributed by atoms with E-state index in [9.17, 15) is 13.2 Å². The maximum atomic E-state index is 12.7. The van der Waals surface area contributed by atoms with Crippen molar-refractivity contribution in [2.75, 3.05) is 37.2 Å². The number of sulfonamides is 1. The lowest BCUT2D eigenvalue weighted by Crippen LogP contribution is -2.40. The Morgan fingerprint density at radius 1 is 1.25 bits per heavy atom. The molecule has 8 heteroatoms. The molecule has 0 aromatic heterocycles. The number of hydrogen-bond acceptors (Lipinski definition) is 4. The van der Waals surface area contributed by atoms with Gasteiger partial charge >= 0.3 is 0 Å². The van der Waals surface area contributed by atoms with E-state index in [-0.39, 0.29) is 24.1 Å². The summed E-state index contributed by atoms with van der Waals surface area (Å²) in [5, 5.41) is 3.17. The average Bonchev–Trinajstić information content (AvgIpc) is 2.55. The Morgan fingerprint density at radius 3 is 2.46 bits per heavy atom. The lowest BCUT2D eigenvalue weighted by atomic mass is 9.96. The molecule has 0 spiro atoms. The second-order valence-electron chi connectivity index (χ2n) is 5.84. The van der Waals surface area contributed by atoms with E-state index in [2.05, 4.69) is 10.0 Å². The highest BCUT2D eigenvalue weighted by Gasteiger charge is 2.25. The molecule has 1 aliphatic rings. The molecule has 0 aliphatic carbocycles. The fourth-order valence-electron chi connectivity index (χ4n) is 2.80. The number of para-hydroxylation sites is 1. The summed E-state index contributed by atoms with van der Waals surface area (Å²) in [7, 11) is -1.47. The van der Waals surface area contributed by atoms with Gasteiger partial charge in [0.25, 0.3) is 5.91 Å². The molecule has 136 valence electrons. The number of likely N-dealkylation sites (tertiary alicyclic amines) is 1. The molecule has 1 saturated heterocycles. The van der Waals surface area contributed by atoms with E-state index in [0.717, 1.165) is 19.4 Å². The number of carbonyl (C=O) groups excluding carboxylic acids is 1. The van der Waals surface area contributed by atoms with Crippen LogP contribution in [0.25, 0.3) is 0 Å². The molecule has 1 aromatic carbocycles. The van der Waals surface area contributed by atoms with Gasteiger partial charge in [0.1, 0.15) is 0 Å². The van der Waals surface area contributed by atoms with Crippen LogP contribution in [0.5, 0.6) is 0 Å². The summed E-state index contributed by atoms with van der Waals surface area (Å²) >= 11 is 0. The normalized spacial score (nSPS) is 15.7. The van der Waals surface area contributed by atoms with Gasteiger partial charge in [-0.1, -0.05) is 12.1 Å². The number of rotatable bonds is 6. The monoisotopic (exact) mass is 375 g/mol. The Labute approximate surface area is 150 Å². The lowest BCUT2D eigenvalue weighted by molar-refractivity contribution is 0.0692. The summed E-state index contributed by atoms with van der Waals surface area (Å²) in [6.07, 6.45) is 1.94. The van der Waals surface area contributed by atoms with Crippen LogP contribution < -0.4 is 10.0 Å². The van der Waals surface area contributed by atoms with Crippen LogP contribution in [-0.2, 0) is 10.0 Å². The number of hydrogen-bond donors (Lipinski definition) is 2. The highest BCUT2D eigenvalue weighted by atomic mass is 35.5. The number of benzene rings is 1. The second-order valence-corrected chi connectivity index (χ2v) is 7.86. The molecule has 0 radical (unpaired) electrons. The number of piperidine rings is 1. The van der Waals surface area contributed by atoms with Gasteiger partial charge in [-0.25, -0.2) is 8.42 Å². The Morgan fingerprint density at radius 2 is 1.88 bits per heavy atom. The maximum Gasteiger partial charge on any atom is 0.255 e. The lowest BCUT2D eigenvalue weighted by Gasteiger charge is -2.32. The predicted molar refractivity (Wildman–Crippen MR) is 99.3 cm³/mol. The molecule has 0 bridgehead atoms. The minimum Gasteiger partial charge on any atom is -0.339 e. The van der Waals surface area contributed by atoms with Gasteiger partial charge in [-0.2, -0.15) is 0 Å². The molecule has 1 fully saturated rings.